The van der Waals surface area contributed by atoms with E-state index >= 15 is 0 Å². The molecule has 0 spiro atoms. The number of hydrogen-bond acceptors (Lipinski definition) is 3. The average molecular weight is 327 g/mol. The van der Waals surface area contributed by atoms with Crippen molar-refractivity contribution in [1.82, 2.24) is 10.6 Å². The predicted molar refractivity (Wildman–Crippen MR) is 91.6 cm³/mol. The number of amides is 1. The number of benzene rings is 1. The smallest absolute Gasteiger partial charge is 0.230 e. The van der Waals surface area contributed by atoms with E-state index in [1.54, 1.807) is 7.11 Å². The van der Waals surface area contributed by atoms with Crippen molar-refractivity contribution in [3.63, 3.8) is 0 Å². The summed E-state index contributed by atoms with van der Waals surface area (Å²) < 4.78 is 5.32. The minimum absolute atomic E-state index is 0. The summed E-state index contributed by atoms with van der Waals surface area (Å²) in [7, 11) is 1.71. The first-order valence-electron chi connectivity index (χ1n) is 7.58. The minimum Gasteiger partial charge on any atom is -0.383 e. The van der Waals surface area contributed by atoms with E-state index in [0.717, 1.165) is 24.9 Å². The van der Waals surface area contributed by atoms with Crippen molar-refractivity contribution in [3.8, 4) is 0 Å². The molecule has 0 aliphatic carbocycles. The van der Waals surface area contributed by atoms with Gasteiger partial charge in [-0.15, -0.1) is 12.4 Å². The molecule has 22 heavy (non-hydrogen) atoms. The van der Waals surface area contributed by atoms with Crippen LogP contribution in [-0.4, -0.2) is 38.3 Å². The lowest BCUT2D eigenvalue weighted by Crippen LogP contribution is -2.55. The van der Waals surface area contributed by atoms with Gasteiger partial charge in [-0.1, -0.05) is 30.3 Å². The fourth-order valence-corrected chi connectivity index (χ4v) is 2.93. The Labute approximate surface area is 139 Å². The van der Waals surface area contributed by atoms with Crippen LogP contribution in [-0.2, 0) is 14.9 Å². The molecule has 1 aliphatic heterocycles. The van der Waals surface area contributed by atoms with Crippen LogP contribution in [0.25, 0.3) is 0 Å². The van der Waals surface area contributed by atoms with E-state index in [2.05, 4.69) is 10.6 Å². The first-order valence-corrected chi connectivity index (χ1v) is 7.58. The van der Waals surface area contributed by atoms with Crippen LogP contribution < -0.4 is 10.6 Å². The molecule has 0 aromatic heterocycles. The normalized spacial score (nSPS) is 21.2. The van der Waals surface area contributed by atoms with E-state index in [1.165, 1.54) is 0 Å². The molecular weight excluding hydrogens is 300 g/mol. The predicted octanol–water partition coefficient (Wildman–Crippen LogP) is 2.27. The van der Waals surface area contributed by atoms with E-state index in [9.17, 15) is 4.79 Å². The quantitative estimate of drug-likeness (QED) is 0.843. The molecule has 1 aromatic rings. The highest BCUT2D eigenvalue weighted by atomic mass is 35.5. The van der Waals surface area contributed by atoms with Crippen molar-refractivity contribution in [3.05, 3.63) is 35.9 Å². The van der Waals surface area contributed by atoms with Crippen molar-refractivity contribution >= 4 is 18.3 Å². The molecule has 1 aliphatic rings. The summed E-state index contributed by atoms with van der Waals surface area (Å²) in [6.07, 6.45) is 2.16. The van der Waals surface area contributed by atoms with Crippen LogP contribution in [0.4, 0.5) is 0 Å². The second-order valence-corrected chi connectivity index (χ2v) is 6.42. The maximum Gasteiger partial charge on any atom is 0.230 e. The number of ether oxygens (including phenoxy) is 1. The van der Waals surface area contributed by atoms with Gasteiger partial charge in [-0.2, -0.15) is 0 Å². The summed E-state index contributed by atoms with van der Waals surface area (Å²) in [6.45, 7) is 6.14. The van der Waals surface area contributed by atoms with Crippen LogP contribution in [0.5, 0.6) is 0 Å². The molecular formula is C17H27ClN2O2. The Bertz CT molecular complexity index is 471. The van der Waals surface area contributed by atoms with Gasteiger partial charge in [0, 0.05) is 13.7 Å². The van der Waals surface area contributed by atoms with E-state index in [4.69, 9.17) is 4.74 Å². The number of halogens is 1. The van der Waals surface area contributed by atoms with Gasteiger partial charge in [-0.3, -0.25) is 4.79 Å². The van der Waals surface area contributed by atoms with Crippen molar-refractivity contribution in [2.45, 2.75) is 37.6 Å². The zero-order chi connectivity index (χ0) is 15.3. The molecule has 0 radical (unpaired) electrons. The van der Waals surface area contributed by atoms with Gasteiger partial charge in [-0.05, 0) is 38.8 Å². The average Bonchev–Trinajstić information content (AvgIpc) is 2.95. The van der Waals surface area contributed by atoms with Gasteiger partial charge in [0.2, 0.25) is 5.91 Å². The summed E-state index contributed by atoms with van der Waals surface area (Å²) in [5.41, 5.74) is 0.383. The van der Waals surface area contributed by atoms with E-state index < -0.39 is 5.41 Å². The Morgan fingerprint density at radius 3 is 2.59 bits per heavy atom. The number of carbonyl (C=O) groups excluding carboxylic acids is 1. The maximum atomic E-state index is 12.6. The van der Waals surface area contributed by atoms with Gasteiger partial charge in [0.25, 0.3) is 0 Å². The van der Waals surface area contributed by atoms with Gasteiger partial charge in [0.1, 0.15) is 0 Å². The Kier molecular flexibility index (Phi) is 6.85. The SMILES string of the molecule is COCC1(CNC(=O)C(C)(C)c2ccccc2)CCCN1.Cl. The van der Waals surface area contributed by atoms with E-state index in [-0.39, 0.29) is 23.9 Å². The summed E-state index contributed by atoms with van der Waals surface area (Å²) in [5, 5.41) is 6.59. The standard InChI is InChI=1S/C17H26N2O2.ClH/c1-16(2,14-8-5-4-6-9-14)15(20)18-12-17(13-21-3)10-7-11-19-17;/h4-6,8-9,19H,7,10-13H2,1-3H3,(H,18,20);1H. The Morgan fingerprint density at radius 1 is 1.36 bits per heavy atom. The third-order valence-corrected chi connectivity index (χ3v) is 4.40. The Balaban J connectivity index is 0.00000242. The van der Waals surface area contributed by atoms with Crippen molar-refractivity contribution in [1.29, 1.82) is 0 Å². The lowest BCUT2D eigenvalue weighted by molar-refractivity contribution is -0.126. The van der Waals surface area contributed by atoms with Gasteiger partial charge < -0.3 is 15.4 Å². The highest BCUT2D eigenvalue weighted by Gasteiger charge is 2.36. The first-order chi connectivity index (χ1) is 10.0. The van der Waals surface area contributed by atoms with Gasteiger partial charge >= 0.3 is 0 Å². The molecule has 1 amide bonds. The van der Waals surface area contributed by atoms with Crippen LogP contribution in [0.2, 0.25) is 0 Å². The largest absolute Gasteiger partial charge is 0.383 e. The number of hydrogen-bond donors (Lipinski definition) is 2. The summed E-state index contributed by atoms with van der Waals surface area (Å²) >= 11 is 0. The lowest BCUT2D eigenvalue weighted by Gasteiger charge is -2.31. The number of rotatable bonds is 6. The van der Waals surface area contributed by atoms with E-state index in [1.807, 2.05) is 44.2 Å². The first kappa shape index (κ1) is 18.9. The van der Waals surface area contributed by atoms with E-state index in [0.29, 0.717) is 13.2 Å². The fourth-order valence-electron chi connectivity index (χ4n) is 2.93. The second kappa shape index (κ2) is 7.95. The van der Waals surface area contributed by atoms with Crippen LogP contribution >= 0.6 is 12.4 Å². The molecule has 1 aromatic carbocycles. The minimum atomic E-state index is -0.534. The van der Waals surface area contributed by atoms with Crippen molar-refractivity contribution < 1.29 is 9.53 Å². The topological polar surface area (TPSA) is 50.4 Å². The summed E-state index contributed by atoms with van der Waals surface area (Å²) in [4.78, 5) is 12.6. The molecule has 1 atom stereocenters. The summed E-state index contributed by atoms with van der Waals surface area (Å²) in [6, 6.07) is 9.90. The van der Waals surface area contributed by atoms with Crippen LogP contribution in [0.15, 0.2) is 30.3 Å². The fraction of sp³-hybridized carbons (Fsp3) is 0.588. The highest BCUT2D eigenvalue weighted by Crippen LogP contribution is 2.24. The van der Waals surface area contributed by atoms with Crippen LogP contribution in [0.3, 0.4) is 0 Å². The van der Waals surface area contributed by atoms with Crippen LogP contribution in [0, 0.1) is 0 Å². The monoisotopic (exact) mass is 326 g/mol. The molecule has 2 rings (SSSR count). The second-order valence-electron chi connectivity index (χ2n) is 6.42. The molecule has 0 saturated carbocycles. The molecule has 1 heterocycles. The van der Waals surface area contributed by atoms with Crippen molar-refractivity contribution in [2.75, 3.05) is 26.8 Å². The maximum absolute atomic E-state index is 12.6. The lowest BCUT2D eigenvalue weighted by atomic mass is 9.83. The molecule has 124 valence electrons. The van der Waals surface area contributed by atoms with Gasteiger partial charge in [-0.25, -0.2) is 0 Å². The Hall–Kier alpha value is -1.10. The molecule has 4 nitrogen and oxygen atoms in total. The molecule has 2 N–H and O–H groups in total. The molecule has 0 bridgehead atoms. The Morgan fingerprint density at radius 2 is 2.05 bits per heavy atom. The number of carbonyl (C=O) groups is 1. The van der Waals surface area contributed by atoms with Gasteiger partial charge in [0.15, 0.2) is 0 Å². The molecule has 1 unspecified atom stereocenters. The zero-order valence-corrected chi connectivity index (χ0v) is 14.5. The highest BCUT2D eigenvalue weighted by molar-refractivity contribution is 5.87. The van der Waals surface area contributed by atoms with Gasteiger partial charge in [0.05, 0.1) is 17.6 Å². The van der Waals surface area contributed by atoms with Crippen molar-refractivity contribution in [2.24, 2.45) is 0 Å². The molecule has 1 fully saturated rings. The number of methoxy groups -OCH3 is 1. The number of nitrogens with one attached hydrogen (secondary N) is 2. The third-order valence-electron chi connectivity index (χ3n) is 4.40. The third kappa shape index (κ3) is 4.22. The summed E-state index contributed by atoms with van der Waals surface area (Å²) in [5.74, 6) is 0.0536. The zero-order valence-electron chi connectivity index (χ0n) is 13.6. The van der Waals surface area contributed by atoms with Crippen LogP contribution in [0.1, 0.15) is 32.3 Å². The molecule has 5 heteroatoms. The molecule has 1 saturated heterocycles.